The molecule has 40 heavy (non-hydrogen) atoms. The summed E-state index contributed by atoms with van der Waals surface area (Å²) >= 11 is 0. The molecule has 0 amide bonds. The lowest BCUT2D eigenvalue weighted by Gasteiger charge is -2.72. The van der Waals surface area contributed by atoms with Gasteiger partial charge in [-0.25, -0.2) is 14.8 Å². The second-order valence-electron chi connectivity index (χ2n) is 16.0. The lowest BCUT2D eigenvalue weighted by molar-refractivity contribution is -0.225. The Bertz CT molecular complexity index is 1250. The second-order valence-corrected chi connectivity index (χ2v) is 16.0. The van der Waals surface area contributed by atoms with Crippen molar-refractivity contribution < 1.29 is 9.90 Å². The number of hydrogen-bond donors (Lipinski definition) is 1. The first-order valence-corrected chi connectivity index (χ1v) is 16.2. The van der Waals surface area contributed by atoms with Gasteiger partial charge in [0.05, 0.1) is 0 Å². The van der Waals surface area contributed by atoms with Gasteiger partial charge in [-0.1, -0.05) is 66.2 Å². The third kappa shape index (κ3) is 3.52. The van der Waals surface area contributed by atoms with Crippen molar-refractivity contribution in [3.05, 3.63) is 42.0 Å². The average molecular weight is 545 g/mol. The van der Waals surface area contributed by atoms with E-state index in [-0.39, 0.29) is 16.7 Å². The molecule has 1 N–H and O–H groups in total. The Morgan fingerprint density at radius 1 is 0.950 bits per heavy atom. The van der Waals surface area contributed by atoms with Crippen LogP contribution in [0.3, 0.4) is 0 Å². The van der Waals surface area contributed by atoms with Crippen LogP contribution >= 0.6 is 0 Å². The van der Waals surface area contributed by atoms with Crippen LogP contribution in [0.5, 0.6) is 0 Å². The van der Waals surface area contributed by atoms with Gasteiger partial charge in [0.25, 0.3) is 0 Å². The molecule has 6 rings (SSSR count). The van der Waals surface area contributed by atoms with E-state index in [2.05, 4.69) is 71.1 Å². The number of rotatable bonds is 4. The molecule has 0 unspecified atom stereocenters. The highest BCUT2D eigenvalue weighted by atomic mass is 16.4. The van der Waals surface area contributed by atoms with Gasteiger partial charge in [0, 0.05) is 18.0 Å². The minimum atomic E-state index is -1.07. The Balaban J connectivity index is 1.36. The first-order valence-electron chi connectivity index (χ1n) is 16.2. The molecule has 1 heterocycles. The van der Waals surface area contributed by atoms with Gasteiger partial charge in [-0.3, -0.25) is 0 Å². The SMILES string of the molecule is C=C(C)[C@@H]1CC[C@]2(CC)CC[C@]3(C)[C@H](CC[C@@H]4[C@@]5(C)CC=C(c6cnc(C(=O)O)nc6)C(C)(C)[C@@H]5CC[C@]43C)[C@@H]12. The van der Waals surface area contributed by atoms with Gasteiger partial charge >= 0.3 is 5.97 Å². The maximum absolute atomic E-state index is 11.3. The van der Waals surface area contributed by atoms with Gasteiger partial charge in [-0.15, -0.1) is 0 Å². The molecule has 0 radical (unpaired) electrons. The van der Waals surface area contributed by atoms with Crippen LogP contribution in [0.15, 0.2) is 30.6 Å². The number of allylic oxidation sites excluding steroid dienone is 3. The van der Waals surface area contributed by atoms with Crippen molar-refractivity contribution >= 4 is 11.5 Å². The number of fused-ring (bicyclic) bond motifs is 7. The fourth-order valence-corrected chi connectivity index (χ4v) is 12.6. The third-order valence-electron chi connectivity index (χ3n) is 14.7. The maximum Gasteiger partial charge on any atom is 0.373 e. The molecule has 5 aliphatic carbocycles. The number of aromatic carboxylic acids is 1. The Morgan fingerprint density at radius 3 is 2.27 bits per heavy atom. The van der Waals surface area contributed by atoms with Crippen molar-refractivity contribution in [1.29, 1.82) is 0 Å². The number of nitrogens with zero attached hydrogens (tertiary/aromatic N) is 2. The van der Waals surface area contributed by atoms with Crippen molar-refractivity contribution in [2.24, 2.45) is 56.7 Å². The number of hydrogen-bond acceptors (Lipinski definition) is 3. The fourth-order valence-electron chi connectivity index (χ4n) is 12.6. The number of carbonyl (C=O) groups is 1. The first-order chi connectivity index (χ1) is 18.7. The van der Waals surface area contributed by atoms with E-state index in [1.54, 1.807) is 12.4 Å². The maximum atomic E-state index is 11.3. The molecule has 1 aromatic heterocycles. The van der Waals surface area contributed by atoms with Crippen molar-refractivity contribution in [2.45, 2.75) is 113 Å². The summed E-state index contributed by atoms with van der Waals surface area (Å²) in [5.41, 5.74) is 5.27. The van der Waals surface area contributed by atoms with Gasteiger partial charge in [-0.2, -0.15) is 0 Å². The van der Waals surface area contributed by atoms with Crippen molar-refractivity contribution in [3.63, 3.8) is 0 Å². The van der Waals surface area contributed by atoms with Crippen molar-refractivity contribution in [2.75, 3.05) is 0 Å². The van der Waals surface area contributed by atoms with E-state index in [4.69, 9.17) is 0 Å². The van der Waals surface area contributed by atoms with Crippen LogP contribution in [0.2, 0.25) is 0 Å². The Kier molecular flexibility index (Phi) is 6.35. The van der Waals surface area contributed by atoms with Crippen LogP contribution < -0.4 is 0 Å². The summed E-state index contributed by atoms with van der Waals surface area (Å²) in [4.78, 5) is 19.7. The summed E-state index contributed by atoms with van der Waals surface area (Å²) in [6, 6.07) is 0. The standard InChI is InChI=1S/C36H52N2O2/c1-9-36-17-12-24(22(2)3)29(36)26-10-11-28-33(6)15-13-25(23-20-37-30(31(39)40)38-21-23)32(4,5)27(33)14-16-35(28,8)34(26,7)18-19-36/h13,20-21,24,26-29H,2,9-12,14-19H2,1,3-8H3,(H,39,40)/t24-,26+,27-,28+,29+,33-,34+,35+,36+/m0/s1. The third-order valence-corrected chi connectivity index (χ3v) is 14.7. The molecule has 4 fully saturated rings. The Labute approximate surface area is 242 Å². The van der Waals surface area contributed by atoms with Gasteiger partial charge in [-0.05, 0) is 127 Å². The molecule has 0 spiro atoms. The highest BCUT2D eigenvalue weighted by Gasteiger charge is 2.70. The minimum absolute atomic E-state index is 0.0133. The molecule has 4 saturated carbocycles. The van der Waals surface area contributed by atoms with E-state index in [1.165, 1.54) is 68.9 Å². The fraction of sp³-hybridized carbons (Fsp3) is 0.750. The molecular formula is C36H52N2O2. The summed E-state index contributed by atoms with van der Waals surface area (Å²) in [5, 5.41) is 9.29. The number of carboxylic acids is 1. The van der Waals surface area contributed by atoms with E-state index in [0.717, 1.165) is 29.7 Å². The molecule has 4 nitrogen and oxygen atoms in total. The van der Waals surface area contributed by atoms with Crippen LogP contribution in [-0.4, -0.2) is 21.0 Å². The monoisotopic (exact) mass is 544 g/mol. The van der Waals surface area contributed by atoms with E-state index < -0.39 is 5.97 Å². The largest absolute Gasteiger partial charge is 0.475 e. The lowest BCUT2D eigenvalue weighted by Crippen LogP contribution is -2.65. The summed E-state index contributed by atoms with van der Waals surface area (Å²) in [5.74, 6) is 2.46. The number of carboxylic acid groups (broad SMARTS) is 1. The van der Waals surface area contributed by atoms with Crippen LogP contribution in [0.4, 0.5) is 0 Å². The van der Waals surface area contributed by atoms with E-state index in [9.17, 15) is 9.90 Å². The minimum Gasteiger partial charge on any atom is -0.475 e. The van der Waals surface area contributed by atoms with Gasteiger partial charge in [0.2, 0.25) is 5.82 Å². The summed E-state index contributed by atoms with van der Waals surface area (Å²) in [6.45, 7) is 22.3. The molecule has 0 aromatic carbocycles. The lowest BCUT2D eigenvalue weighted by atomic mass is 9.32. The van der Waals surface area contributed by atoms with Crippen LogP contribution in [0, 0.1) is 56.7 Å². The molecule has 0 bridgehead atoms. The predicted octanol–water partition coefficient (Wildman–Crippen LogP) is 9.24. The zero-order valence-electron chi connectivity index (χ0n) is 26.1. The van der Waals surface area contributed by atoms with E-state index >= 15 is 0 Å². The Hall–Kier alpha value is -1.97. The zero-order chi connectivity index (χ0) is 28.9. The van der Waals surface area contributed by atoms with Gasteiger partial charge < -0.3 is 5.11 Å². The summed E-state index contributed by atoms with van der Waals surface area (Å²) in [7, 11) is 0. The molecule has 5 aliphatic rings. The quantitative estimate of drug-likeness (QED) is 0.384. The topological polar surface area (TPSA) is 63.1 Å². The van der Waals surface area contributed by atoms with Gasteiger partial charge in [0.1, 0.15) is 0 Å². The second kappa shape index (κ2) is 9.01. The van der Waals surface area contributed by atoms with Crippen molar-refractivity contribution in [1.82, 2.24) is 9.97 Å². The highest BCUT2D eigenvalue weighted by molar-refractivity contribution is 5.83. The van der Waals surface area contributed by atoms with Crippen molar-refractivity contribution in [3.8, 4) is 0 Å². The smallest absolute Gasteiger partial charge is 0.373 e. The molecule has 0 saturated heterocycles. The molecular weight excluding hydrogens is 492 g/mol. The highest BCUT2D eigenvalue weighted by Crippen LogP contribution is 2.78. The molecule has 218 valence electrons. The summed E-state index contributed by atoms with van der Waals surface area (Å²) < 4.78 is 0. The van der Waals surface area contributed by atoms with Crippen LogP contribution in [0.1, 0.15) is 129 Å². The molecule has 0 aliphatic heterocycles. The normalized spacial score (nSPS) is 45.4. The summed E-state index contributed by atoms with van der Waals surface area (Å²) in [6.07, 6.45) is 19.3. The molecule has 4 heteroatoms. The average Bonchev–Trinajstić information content (AvgIpc) is 3.29. The molecule has 9 atom stereocenters. The van der Waals surface area contributed by atoms with Crippen LogP contribution in [0.25, 0.3) is 5.57 Å². The van der Waals surface area contributed by atoms with E-state index in [1.807, 2.05) is 0 Å². The van der Waals surface area contributed by atoms with E-state index in [0.29, 0.717) is 28.1 Å². The number of aromatic nitrogens is 2. The van der Waals surface area contributed by atoms with Gasteiger partial charge in [0.15, 0.2) is 0 Å². The zero-order valence-corrected chi connectivity index (χ0v) is 26.1. The van der Waals surface area contributed by atoms with Crippen LogP contribution in [-0.2, 0) is 0 Å². The Morgan fingerprint density at radius 2 is 1.65 bits per heavy atom. The molecule has 1 aromatic rings. The first kappa shape index (κ1) is 28.2. The predicted molar refractivity (Wildman–Crippen MR) is 162 cm³/mol.